The molecule has 0 radical (unpaired) electrons. The van der Waals surface area contributed by atoms with Crippen LogP contribution in [0.15, 0.2) is 24.3 Å². The molecule has 1 atom stereocenters. The Morgan fingerprint density at radius 2 is 1.53 bits per heavy atom. The van der Waals surface area contributed by atoms with Gasteiger partial charge >= 0.3 is 0 Å². The highest BCUT2D eigenvalue weighted by atomic mass is 32.1. The lowest BCUT2D eigenvalue weighted by Crippen LogP contribution is -2.25. The molecular formula is C16H27NS2. The Kier molecular flexibility index (Phi) is 8.47. The van der Waals surface area contributed by atoms with Crippen LogP contribution in [0.4, 0.5) is 5.69 Å². The van der Waals surface area contributed by atoms with Gasteiger partial charge in [-0.15, -0.1) is 0 Å². The van der Waals surface area contributed by atoms with E-state index in [0.717, 1.165) is 18.8 Å². The molecule has 0 heterocycles. The maximum Gasteiger partial charge on any atom is 0.0366 e. The Balaban J connectivity index is 2.71. The largest absolute Gasteiger partial charge is 0.372 e. The van der Waals surface area contributed by atoms with Gasteiger partial charge in [0.15, 0.2) is 0 Å². The van der Waals surface area contributed by atoms with Gasteiger partial charge in [0, 0.05) is 29.8 Å². The number of thiol groups is 2. The lowest BCUT2D eigenvalue weighted by atomic mass is 10.1. The van der Waals surface area contributed by atoms with Crippen LogP contribution in [0.25, 0.3) is 0 Å². The normalized spacial score (nSPS) is 12.4. The first-order valence-electron chi connectivity index (χ1n) is 7.36. The molecule has 1 unspecified atom stereocenters. The molecule has 1 aromatic rings. The van der Waals surface area contributed by atoms with Crippen molar-refractivity contribution in [3.63, 3.8) is 0 Å². The van der Waals surface area contributed by atoms with Crippen LogP contribution in [0.1, 0.15) is 50.3 Å². The first kappa shape index (κ1) is 16.8. The van der Waals surface area contributed by atoms with Gasteiger partial charge in [-0.2, -0.15) is 25.3 Å². The fraction of sp³-hybridized carbons (Fsp3) is 0.625. The fourth-order valence-electron chi connectivity index (χ4n) is 2.08. The summed E-state index contributed by atoms with van der Waals surface area (Å²) in [4.78, 5) is 2.50. The predicted octanol–water partition coefficient (Wildman–Crippen LogP) is 4.99. The summed E-state index contributed by atoms with van der Waals surface area (Å²) in [7, 11) is 0. The number of unbranched alkanes of at least 4 members (excludes halogenated alkanes) is 2. The summed E-state index contributed by atoms with van der Waals surface area (Å²) in [5.74, 6) is 0.776. The fourth-order valence-corrected chi connectivity index (χ4v) is 2.46. The van der Waals surface area contributed by atoms with Crippen LogP contribution < -0.4 is 4.90 Å². The minimum atomic E-state index is 0.233. The molecule has 1 aromatic carbocycles. The van der Waals surface area contributed by atoms with Crippen molar-refractivity contribution in [2.24, 2.45) is 0 Å². The monoisotopic (exact) mass is 297 g/mol. The molecule has 0 bridgehead atoms. The third kappa shape index (κ3) is 5.70. The molecule has 0 spiro atoms. The van der Waals surface area contributed by atoms with Gasteiger partial charge in [0.05, 0.1) is 0 Å². The number of hydrogen-bond donors (Lipinski definition) is 2. The van der Waals surface area contributed by atoms with Crippen molar-refractivity contribution in [3.8, 4) is 0 Å². The third-order valence-corrected chi connectivity index (χ3v) is 4.51. The van der Waals surface area contributed by atoms with Crippen LogP contribution in [0.2, 0.25) is 0 Å². The maximum atomic E-state index is 4.53. The van der Waals surface area contributed by atoms with E-state index >= 15 is 0 Å². The Labute approximate surface area is 129 Å². The first-order valence-corrected chi connectivity index (χ1v) is 8.51. The average molecular weight is 298 g/mol. The summed E-state index contributed by atoms with van der Waals surface area (Å²) in [5.41, 5.74) is 2.60. The van der Waals surface area contributed by atoms with Crippen LogP contribution in [-0.4, -0.2) is 18.8 Å². The number of anilines is 1. The first-order chi connectivity index (χ1) is 9.22. The molecule has 19 heavy (non-hydrogen) atoms. The molecular weight excluding hydrogens is 270 g/mol. The second-order valence-electron chi connectivity index (χ2n) is 4.98. The summed E-state index contributed by atoms with van der Waals surface area (Å²) in [6, 6.07) is 8.84. The van der Waals surface area contributed by atoms with Crippen molar-refractivity contribution in [2.45, 2.75) is 44.8 Å². The number of nitrogens with zero attached hydrogens (tertiary/aromatic N) is 1. The van der Waals surface area contributed by atoms with E-state index in [1.165, 1.54) is 36.9 Å². The standard InChI is InChI=1S/C16H27NS2/c1-3-5-11-17(12-6-4-2)15-9-7-14(8-10-15)16(19)13-18/h7-10,16,18-19H,3-6,11-13H2,1-2H3. The highest BCUT2D eigenvalue weighted by molar-refractivity contribution is 7.84. The van der Waals surface area contributed by atoms with E-state index in [-0.39, 0.29) is 5.25 Å². The van der Waals surface area contributed by atoms with E-state index < -0.39 is 0 Å². The number of benzene rings is 1. The molecule has 0 aromatic heterocycles. The summed E-state index contributed by atoms with van der Waals surface area (Å²) in [6.45, 7) is 6.82. The van der Waals surface area contributed by atoms with Gasteiger partial charge in [0.2, 0.25) is 0 Å². The van der Waals surface area contributed by atoms with Gasteiger partial charge in [0.25, 0.3) is 0 Å². The summed E-state index contributed by atoms with van der Waals surface area (Å²) >= 11 is 8.83. The zero-order valence-electron chi connectivity index (χ0n) is 12.2. The predicted molar refractivity (Wildman–Crippen MR) is 94.1 cm³/mol. The highest BCUT2D eigenvalue weighted by Gasteiger charge is 2.08. The summed E-state index contributed by atoms with van der Waals surface area (Å²) in [5, 5.41) is 0.233. The zero-order chi connectivity index (χ0) is 14.1. The quantitative estimate of drug-likeness (QED) is 0.607. The van der Waals surface area contributed by atoms with Crippen molar-refractivity contribution >= 4 is 30.9 Å². The van der Waals surface area contributed by atoms with E-state index in [1.807, 2.05) is 0 Å². The second-order valence-corrected chi connectivity index (χ2v) is 5.97. The molecule has 0 saturated heterocycles. The Morgan fingerprint density at radius 1 is 1.00 bits per heavy atom. The van der Waals surface area contributed by atoms with Crippen molar-refractivity contribution in [3.05, 3.63) is 29.8 Å². The van der Waals surface area contributed by atoms with Crippen LogP contribution in [0.5, 0.6) is 0 Å². The van der Waals surface area contributed by atoms with Crippen LogP contribution in [0.3, 0.4) is 0 Å². The topological polar surface area (TPSA) is 3.24 Å². The number of rotatable bonds is 9. The summed E-state index contributed by atoms with van der Waals surface area (Å²) in [6.07, 6.45) is 5.02. The molecule has 0 N–H and O–H groups in total. The lowest BCUT2D eigenvalue weighted by molar-refractivity contribution is 0.678. The molecule has 1 nitrogen and oxygen atoms in total. The van der Waals surface area contributed by atoms with E-state index in [2.05, 4.69) is 68.3 Å². The van der Waals surface area contributed by atoms with Crippen LogP contribution in [-0.2, 0) is 0 Å². The lowest BCUT2D eigenvalue weighted by Gasteiger charge is -2.25. The highest BCUT2D eigenvalue weighted by Crippen LogP contribution is 2.24. The van der Waals surface area contributed by atoms with Gasteiger partial charge < -0.3 is 4.90 Å². The van der Waals surface area contributed by atoms with Gasteiger partial charge in [-0.25, -0.2) is 0 Å². The summed E-state index contributed by atoms with van der Waals surface area (Å²) < 4.78 is 0. The Hall–Kier alpha value is -0.280. The molecule has 108 valence electrons. The molecule has 0 fully saturated rings. The Morgan fingerprint density at radius 3 is 1.95 bits per heavy atom. The molecule has 3 heteroatoms. The Bertz CT molecular complexity index is 329. The van der Waals surface area contributed by atoms with Crippen LogP contribution >= 0.6 is 25.3 Å². The second kappa shape index (κ2) is 9.60. The van der Waals surface area contributed by atoms with Gasteiger partial charge in [-0.3, -0.25) is 0 Å². The van der Waals surface area contributed by atoms with Crippen molar-refractivity contribution < 1.29 is 0 Å². The van der Waals surface area contributed by atoms with Crippen molar-refractivity contribution in [1.82, 2.24) is 0 Å². The van der Waals surface area contributed by atoms with E-state index in [0.29, 0.717) is 0 Å². The van der Waals surface area contributed by atoms with Crippen molar-refractivity contribution in [2.75, 3.05) is 23.7 Å². The van der Waals surface area contributed by atoms with Crippen LogP contribution in [0, 0.1) is 0 Å². The van der Waals surface area contributed by atoms with E-state index in [9.17, 15) is 0 Å². The molecule has 0 aliphatic rings. The molecule has 1 rings (SSSR count). The number of hydrogen-bond acceptors (Lipinski definition) is 3. The van der Waals surface area contributed by atoms with E-state index in [4.69, 9.17) is 0 Å². The minimum Gasteiger partial charge on any atom is -0.372 e. The molecule has 0 aliphatic carbocycles. The third-order valence-electron chi connectivity index (χ3n) is 3.38. The smallest absolute Gasteiger partial charge is 0.0366 e. The average Bonchev–Trinajstić information content (AvgIpc) is 2.47. The van der Waals surface area contributed by atoms with Gasteiger partial charge in [-0.1, -0.05) is 38.8 Å². The zero-order valence-corrected chi connectivity index (χ0v) is 14.0. The molecule has 0 amide bonds. The molecule has 0 saturated carbocycles. The SMILES string of the molecule is CCCCN(CCCC)c1ccc(C(S)CS)cc1. The maximum absolute atomic E-state index is 4.53. The van der Waals surface area contributed by atoms with Gasteiger partial charge in [-0.05, 0) is 30.5 Å². The van der Waals surface area contributed by atoms with Crippen molar-refractivity contribution in [1.29, 1.82) is 0 Å². The van der Waals surface area contributed by atoms with Gasteiger partial charge in [0.1, 0.15) is 0 Å². The van der Waals surface area contributed by atoms with E-state index in [1.54, 1.807) is 0 Å². The molecule has 0 aliphatic heterocycles. The minimum absolute atomic E-state index is 0.233.